The van der Waals surface area contributed by atoms with E-state index in [1.807, 2.05) is 50.6 Å². The molecule has 0 aromatic heterocycles. The lowest BCUT2D eigenvalue weighted by atomic mass is 9.94. The molecule has 0 aliphatic carbocycles. The van der Waals surface area contributed by atoms with Gasteiger partial charge in [0.1, 0.15) is 0 Å². The maximum Gasteiger partial charge on any atom is 0.409 e. The highest BCUT2D eigenvalue weighted by atomic mass is 35.5. The van der Waals surface area contributed by atoms with Crippen LogP contribution in [0.4, 0.5) is 0 Å². The largest absolute Gasteiger partial charge is 0.409 e. The van der Waals surface area contributed by atoms with Crippen molar-refractivity contribution in [2.24, 2.45) is 0 Å². The molecule has 0 heterocycles. The van der Waals surface area contributed by atoms with E-state index in [4.69, 9.17) is 27.4 Å². The summed E-state index contributed by atoms with van der Waals surface area (Å²) >= 11 is 12.1. The highest BCUT2D eigenvalue weighted by molar-refractivity contribution is 7.85. The molecule has 28 heavy (non-hydrogen) atoms. The number of rotatable bonds is 7. The Morgan fingerprint density at radius 2 is 1.43 bits per heavy atom. The molecule has 0 fully saturated rings. The van der Waals surface area contributed by atoms with E-state index >= 15 is 0 Å². The quantitative estimate of drug-likeness (QED) is 0.636. The molecule has 2 aromatic rings. The number of hydrogen-bond donors (Lipinski definition) is 1. The third-order valence-electron chi connectivity index (χ3n) is 4.15. The summed E-state index contributed by atoms with van der Waals surface area (Å²) in [6, 6.07) is 10.3. The zero-order valence-electron chi connectivity index (χ0n) is 16.1. The highest BCUT2D eigenvalue weighted by Crippen LogP contribution is 2.35. The first-order chi connectivity index (χ1) is 13.0. The second kappa shape index (κ2) is 9.16. The minimum absolute atomic E-state index is 0.0431. The fraction of sp³-hybridized carbons (Fsp3) is 0.350. The van der Waals surface area contributed by atoms with Gasteiger partial charge in [-0.1, -0.05) is 75.2 Å². The molecule has 0 atom stereocenters. The van der Waals surface area contributed by atoms with Crippen LogP contribution in [0.15, 0.2) is 36.4 Å². The SMILES string of the molecule is CC(C)c1cccc(C(C)C)c1OS(=O)(=O)NC(=O)Cc1c(Cl)cccc1Cl. The highest BCUT2D eigenvalue weighted by Gasteiger charge is 2.24. The molecule has 0 aliphatic heterocycles. The first kappa shape index (κ1) is 22.5. The van der Waals surface area contributed by atoms with Crippen molar-refractivity contribution in [1.82, 2.24) is 4.72 Å². The zero-order chi connectivity index (χ0) is 21.1. The number of carbonyl (C=O) groups is 1. The summed E-state index contributed by atoms with van der Waals surface area (Å²) in [6.45, 7) is 7.77. The van der Waals surface area contributed by atoms with E-state index < -0.39 is 16.2 Å². The third-order valence-corrected chi connectivity index (χ3v) is 5.72. The molecule has 0 bridgehead atoms. The number of halogens is 2. The summed E-state index contributed by atoms with van der Waals surface area (Å²) < 4.78 is 32.3. The normalized spacial score (nSPS) is 11.7. The first-order valence-corrected chi connectivity index (χ1v) is 11.0. The summed E-state index contributed by atoms with van der Waals surface area (Å²) in [7, 11) is -4.38. The molecule has 0 radical (unpaired) electrons. The number of carbonyl (C=O) groups excluding carboxylic acids is 1. The van der Waals surface area contributed by atoms with Crippen molar-refractivity contribution in [3.63, 3.8) is 0 Å². The summed E-state index contributed by atoms with van der Waals surface area (Å²) in [4.78, 5) is 12.3. The second-order valence-electron chi connectivity index (χ2n) is 7.01. The van der Waals surface area contributed by atoms with Crippen LogP contribution in [0.25, 0.3) is 0 Å². The van der Waals surface area contributed by atoms with E-state index in [-0.39, 0.29) is 34.1 Å². The van der Waals surface area contributed by atoms with Crippen LogP contribution in [0.5, 0.6) is 5.75 Å². The molecule has 0 saturated heterocycles. The summed E-state index contributed by atoms with van der Waals surface area (Å²) in [5.41, 5.74) is 1.85. The van der Waals surface area contributed by atoms with Crippen LogP contribution < -0.4 is 8.91 Å². The van der Waals surface area contributed by atoms with Crippen molar-refractivity contribution in [3.8, 4) is 5.75 Å². The molecular formula is C20H23Cl2NO4S. The van der Waals surface area contributed by atoms with Crippen molar-refractivity contribution in [3.05, 3.63) is 63.1 Å². The van der Waals surface area contributed by atoms with Gasteiger partial charge >= 0.3 is 10.3 Å². The Morgan fingerprint density at radius 3 is 1.89 bits per heavy atom. The minimum atomic E-state index is -4.38. The summed E-state index contributed by atoms with van der Waals surface area (Å²) in [5.74, 6) is -0.449. The van der Waals surface area contributed by atoms with Gasteiger partial charge in [-0.25, -0.2) is 4.72 Å². The standard InChI is InChI=1S/C20H23Cl2NO4S/c1-12(2)14-7-5-8-15(13(3)4)20(14)27-28(25,26)23-19(24)11-16-17(21)9-6-10-18(16)22/h5-10,12-13H,11H2,1-4H3,(H,23,24). The van der Waals surface area contributed by atoms with Gasteiger partial charge < -0.3 is 4.18 Å². The van der Waals surface area contributed by atoms with E-state index in [9.17, 15) is 13.2 Å². The van der Waals surface area contributed by atoms with E-state index in [1.165, 1.54) is 0 Å². The van der Waals surface area contributed by atoms with Gasteiger partial charge in [0.2, 0.25) is 5.91 Å². The Kier molecular flexibility index (Phi) is 7.37. The number of amides is 1. The van der Waals surface area contributed by atoms with Crippen molar-refractivity contribution in [2.75, 3.05) is 0 Å². The third kappa shape index (κ3) is 5.63. The van der Waals surface area contributed by atoms with Crippen molar-refractivity contribution < 1.29 is 17.4 Å². The van der Waals surface area contributed by atoms with E-state index in [2.05, 4.69) is 0 Å². The predicted molar refractivity (Wildman–Crippen MR) is 112 cm³/mol. The van der Waals surface area contributed by atoms with E-state index in [1.54, 1.807) is 18.2 Å². The predicted octanol–water partition coefficient (Wildman–Crippen LogP) is 5.22. The topological polar surface area (TPSA) is 72.5 Å². The van der Waals surface area contributed by atoms with Crippen LogP contribution in [0, 0.1) is 0 Å². The Labute approximate surface area is 176 Å². The molecule has 5 nitrogen and oxygen atoms in total. The molecule has 152 valence electrons. The maximum atomic E-state index is 12.5. The van der Waals surface area contributed by atoms with Crippen molar-refractivity contribution >= 4 is 39.4 Å². The monoisotopic (exact) mass is 443 g/mol. The molecular weight excluding hydrogens is 421 g/mol. The van der Waals surface area contributed by atoms with Crippen LogP contribution >= 0.6 is 23.2 Å². The van der Waals surface area contributed by atoms with Gasteiger partial charge in [-0.2, -0.15) is 8.42 Å². The van der Waals surface area contributed by atoms with Gasteiger partial charge in [0, 0.05) is 10.0 Å². The molecule has 1 amide bonds. The van der Waals surface area contributed by atoms with Gasteiger partial charge in [-0.05, 0) is 40.7 Å². The average Bonchev–Trinajstić information content (AvgIpc) is 2.57. The summed E-state index contributed by atoms with van der Waals surface area (Å²) in [6.07, 6.45) is -0.288. The lowest BCUT2D eigenvalue weighted by molar-refractivity contribution is -0.118. The van der Waals surface area contributed by atoms with Crippen LogP contribution in [-0.2, 0) is 21.5 Å². The summed E-state index contributed by atoms with van der Waals surface area (Å²) in [5, 5.41) is 0.571. The fourth-order valence-electron chi connectivity index (χ4n) is 2.75. The van der Waals surface area contributed by atoms with Gasteiger partial charge in [0.25, 0.3) is 0 Å². The molecule has 2 rings (SSSR count). The lowest BCUT2D eigenvalue weighted by Crippen LogP contribution is -2.35. The van der Waals surface area contributed by atoms with Crippen LogP contribution in [0.1, 0.15) is 56.2 Å². The van der Waals surface area contributed by atoms with Gasteiger partial charge in [0.15, 0.2) is 5.75 Å². The van der Waals surface area contributed by atoms with Crippen molar-refractivity contribution in [1.29, 1.82) is 0 Å². The Morgan fingerprint density at radius 1 is 0.964 bits per heavy atom. The Bertz CT molecular complexity index is 926. The van der Waals surface area contributed by atoms with Gasteiger partial charge in [-0.15, -0.1) is 0 Å². The van der Waals surface area contributed by atoms with Crippen LogP contribution in [0.2, 0.25) is 10.0 Å². The lowest BCUT2D eigenvalue weighted by Gasteiger charge is -2.19. The Balaban J connectivity index is 2.26. The molecule has 0 saturated carbocycles. The van der Waals surface area contributed by atoms with Gasteiger partial charge in [-0.3, -0.25) is 4.79 Å². The number of nitrogens with one attached hydrogen (secondary N) is 1. The second-order valence-corrected chi connectivity index (χ2v) is 9.11. The molecule has 2 aromatic carbocycles. The van der Waals surface area contributed by atoms with Crippen LogP contribution in [0.3, 0.4) is 0 Å². The smallest absolute Gasteiger partial charge is 0.366 e. The maximum absolute atomic E-state index is 12.5. The average molecular weight is 444 g/mol. The molecule has 8 heteroatoms. The van der Waals surface area contributed by atoms with Gasteiger partial charge in [0.05, 0.1) is 6.42 Å². The van der Waals surface area contributed by atoms with Crippen LogP contribution in [-0.4, -0.2) is 14.3 Å². The number of para-hydroxylation sites is 1. The molecule has 1 N–H and O–H groups in total. The molecule has 0 aliphatic rings. The van der Waals surface area contributed by atoms with E-state index in [0.717, 1.165) is 11.1 Å². The fourth-order valence-corrected chi connectivity index (χ4v) is 4.08. The van der Waals surface area contributed by atoms with E-state index in [0.29, 0.717) is 5.56 Å². The number of hydrogen-bond acceptors (Lipinski definition) is 4. The minimum Gasteiger partial charge on any atom is -0.366 e. The molecule has 0 unspecified atom stereocenters. The molecule has 0 spiro atoms. The Hall–Kier alpha value is -1.76. The first-order valence-electron chi connectivity index (χ1n) is 8.82. The van der Waals surface area contributed by atoms with Crippen molar-refractivity contribution in [2.45, 2.75) is 46.0 Å². The zero-order valence-corrected chi connectivity index (χ0v) is 18.5. The number of benzene rings is 2.